The highest BCUT2D eigenvalue weighted by Gasteiger charge is 2.32. The van der Waals surface area contributed by atoms with Crippen molar-refractivity contribution in [1.82, 2.24) is 23.6 Å². The molecule has 1 aliphatic heterocycles. The van der Waals surface area contributed by atoms with E-state index in [4.69, 9.17) is 16.6 Å². The van der Waals surface area contributed by atoms with Crippen LogP contribution in [0.1, 0.15) is 45.1 Å². The van der Waals surface area contributed by atoms with Crippen LogP contribution < -0.4 is 16.1 Å². The van der Waals surface area contributed by atoms with Crippen LogP contribution in [0.4, 0.5) is 10.3 Å². The van der Waals surface area contributed by atoms with Gasteiger partial charge in [0.2, 0.25) is 11.9 Å². The van der Waals surface area contributed by atoms with Gasteiger partial charge in [-0.25, -0.2) is 9.18 Å². The van der Waals surface area contributed by atoms with Crippen molar-refractivity contribution < 1.29 is 9.18 Å². The van der Waals surface area contributed by atoms with E-state index in [2.05, 4.69) is 6.92 Å². The SMILES string of the molecule is CCCCN(CC)C(=O)C1CCCN(c2nc3c(c(=O)n(C)c(=O)n3C)n2Cc2c(F)cccc2Cl)C1. The summed E-state index contributed by atoms with van der Waals surface area (Å²) in [5, 5.41) is 0.232. The topological polar surface area (TPSA) is 85.4 Å². The van der Waals surface area contributed by atoms with E-state index in [-0.39, 0.29) is 40.1 Å². The molecule has 1 fully saturated rings. The summed E-state index contributed by atoms with van der Waals surface area (Å²) < 4.78 is 18.8. The third-order valence-corrected chi connectivity index (χ3v) is 7.59. The second-order valence-corrected chi connectivity index (χ2v) is 10.0. The fourth-order valence-corrected chi connectivity index (χ4v) is 5.28. The predicted octanol–water partition coefficient (Wildman–Crippen LogP) is 3.14. The van der Waals surface area contributed by atoms with Gasteiger partial charge in [-0.3, -0.25) is 23.3 Å². The first-order valence-corrected chi connectivity index (χ1v) is 13.2. The van der Waals surface area contributed by atoms with Crippen LogP contribution >= 0.6 is 11.6 Å². The maximum Gasteiger partial charge on any atom is 0.332 e. The fourth-order valence-electron chi connectivity index (χ4n) is 5.06. The highest BCUT2D eigenvalue weighted by atomic mass is 35.5. The van der Waals surface area contributed by atoms with Crippen molar-refractivity contribution in [2.45, 2.75) is 46.1 Å². The number of nitrogens with zero attached hydrogens (tertiary/aromatic N) is 6. The zero-order valence-corrected chi connectivity index (χ0v) is 22.6. The monoisotopic (exact) mass is 532 g/mol. The molecule has 2 aromatic heterocycles. The van der Waals surface area contributed by atoms with Gasteiger partial charge in [0.15, 0.2) is 11.2 Å². The Morgan fingerprint density at radius 2 is 1.97 bits per heavy atom. The number of carbonyl (C=O) groups is 1. The molecule has 9 nitrogen and oxygen atoms in total. The number of imidazole rings is 1. The summed E-state index contributed by atoms with van der Waals surface area (Å²) >= 11 is 6.34. The Bertz CT molecular complexity index is 1410. The largest absolute Gasteiger partial charge is 0.343 e. The molecule has 1 amide bonds. The van der Waals surface area contributed by atoms with Gasteiger partial charge < -0.3 is 9.80 Å². The number of amides is 1. The molecule has 11 heteroatoms. The van der Waals surface area contributed by atoms with Gasteiger partial charge >= 0.3 is 5.69 Å². The van der Waals surface area contributed by atoms with Crippen molar-refractivity contribution in [3.8, 4) is 0 Å². The lowest BCUT2D eigenvalue weighted by atomic mass is 9.96. The minimum absolute atomic E-state index is 0.0442. The summed E-state index contributed by atoms with van der Waals surface area (Å²) in [6.45, 7) is 6.46. The molecule has 1 unspecified atom stereocenters. The van der Waals surface area contributed by atoms with Crippen LogP contribution in [-0.2, 0) is 25.4 Å². The quantitative estimate of drug-likeness (QED) is 0.445. The first-order chi connectivity index (χ1) is 17.7. The number of rotatable bonds is 8. The standard InChI is InChI=1S/C26H34ClFN6O3/c1-5-7-13-32(6-2)23(35)17-10-9-14-33(15-17)25-29-22-21(24(36)31(4)26(37)30(22)3)34(25)16-18-19(27)11-8-12-20(18)28/h8,11-12,17H,5-7,9-10,13-16H2,1-4H3. The van der Waals surface area contributed by atoms with Crippen LogP contribution in [0.25, 0.3) is 11.2 Å². The first-order valence-electron chi connectivity index (χ1n) is 12.8. The third-order valence-electron chi connectivity index (χ3n) is 7.23. The van der Waals surface area contributed by atoms with E-state index < -0.39 is 17.1 Å². The van der Waals surface area contributed by atoms with Crippen molar-refractivity contribution in [3.63, 3.8) is 0 Å². The van der Waals surface area contributed by atoms with Crippen molar-refractivity contribution >= 4 is 34.6 Å². The average molecular weight is 533 g/mol. The molecule has 200 valence electrons. The van der Waals surface area contributed by atoms with Crippen molar-refractivity contribution in [2.75, 3.05) is 31.1 Å². The van der Waals surface area contributed by atoms with Gasteiger partial charge in [-0.2, -0.15) is 4.98 Å². The Morgan fingerprint density at radius 1 is 1.22 bits per heavy atom. The number of hydrogen-bond donors (Lipinski definition) is 0. The van der Waals surface area contributed by atoms with Gasteiger partial charge in [0.05, 0.1) is 12.5 Å². The Hall–Kier alpha value is -3.14. The smallest absolute Gasteiger partial charge is 0.332 e. The van der Waals surface area contributed by atoms with Gasteiger partial charge in [-0.1, -0.05) is 31.0 Å². The molecule has 1 saturated heterocycles. The summed E-state index contributed by atoms with van der Waals surface area (Å²) in [4.78, 5) is 47.8. The summed E-state index contributed by atoms with van der Waals surface area (Å²) in [6, 6.07) is 4.44. The van der Waals surface area contributed by atoms with E-state index in [1.807, 2.05) is 16.7 Å². The average Bonchev–Trinajstić information content (AvgIpc) is 3.28. The Kier molecular flexibility index (Phi) is 8.06. The third kappa shape index (κ3) is 5.03. The minimum atomic E-state index is -0.523. The number of aryl methyl sites for hydroxylation is 1. The van der Waals surface area contributed by atoms with E-state index >= 15 is 0 Å². The molecule has 0 N–H and O–H groups in total. The Morgan fingerprint density at radius 3 is 2.65 bits per heavy atom. The molecule has 4 rings (SSSR count). The summed E-state index contributed by atoms with van der Waals surface area (Å²) in [6.07, 6.45) is 3.49. The summed E-state index contributed by atoms with van der Waals surface area (Å²) in [5.41, 5.74) is -0.404. The predicted molar refractivity (Wildman–Crippen MR) is 143 cm³/mol. The maximum atomic E-state index is 14.8. The number of halogens is 2. The number of carbonyl (C=O) groups excluding carboxylic acids is 1. The number of aromatic nitrogens is 4. The second-order valence-electron chi connectivity index (χ2n) is 9.63. The number of fused-ring (bicyclic) bond motifs is 1. The molecule has 37 heavy (non-hydrogen) atoms. The van der Waals surface area contributed by atoms with E-state index in [9.17, 15) is 18.8 Å². The zero-order chi connectivity index (χ0) is 26.9. The van der Waals surface area contributed by atoms with E-state index in [0.29, 0.717) is 25.6 Å². The molecular weight excluding hydrogens is 499 g/mol. The first kappa shape index (κ1) is 26.9. The summed E-state index contributed by atoms with van der Waals surface area (Å²) in [7, 11) is 2.96. The number of benzene rings is 1. The fraction of sp³-hybridized carbons (Fsp3) is 0.538. The van der Waals surface area contributed by atoms with Gasteiger partial charge in [-0.15, -0.1) is 0 Å². The van der Waals surface area contributed by atoms with Crippen LogP contribution in [0.15, 0.2) is 27.8 Å². The summed E-state index contributed by atoms with van der Waals surface area (Å²) in [5.74, 6) is -0.184. The molecule has 3 heterocycles. The number of hydrogen-bond acceptors (Lipinski definition) is 5. The Balaban J connectivity index is 1.81. The number of unbranched alkanes of at least 4 members (excludes halogenated alkanes) is 1. The van der Waals surface area contributed by atoms with E-state index in [1.54, 1.807) is 17.7 Å². The molecule has 0 saturated carbocycles. The lowest BCUT2D eigenvalue weighted by Crippen LogP contribution is -2.46. The van der Waals surface area contributed by atoms with Crippen molar-refractivity contribution in [2.24, 2.45) is 20.0 Å². The van der Waals surface area contributed by atoms with Gasteiger partial charge in [-0.05, 0) is 38.3 Å². The Labute approximate surface area is 220 Å². The van der Waals surface area contributed by atoms with Crippen LogP contribution in [0.2, 0.25) is 5.02 Å². The second kappa shape index (κ2) is 11.1. The lowest BCUT2D eigenvalue weighted by Gasteiger charge is -2.35. The zero-order valence-electron chi connectivity index (χ0n) is 21.8. The van der Waals surface area contributed by atoms with Crippen molar-refractivity contribution in [1.29, 1.82) is 0 Å². The molecule has 3 aromatic rings. The highest BCUT2D eigenvalue weighted by molar-refractivity contribution is 6.31. The van der Waals surface area contributed by atoms with E-state index in [1.165, 1.54) is 23.7 Å². The van der Waals surface area contributed by atoms with Crippen LogP contribution in [0.5, 0.6) is 0 Å². The van der Waals surface area contributed by atoms with Gasteiger partial charge in [0.1, 0.15) is 5.82 Å². The molecule has 1 aromatic carbocycles. The molecule has 0 aliphatic carbocycles. The molecule has 1 atom stereocenters. The van der Waals surface area contributed by atoms with Crippen LogP contribution in [0.3, 0.4) is 0 Å². The van der Waals surface area contributed by atoms with Gasteiger partial charge in [0, 0.05) is 50.9 Å². The van der Waals surface area contributed by atoms with Crippen LogP contribution in [-0.4, -0.2) is 55.7 Å². The molecule has 1 aliphatic rings. The normalized spacial score (nSPS) is 15.9. The molecular formula is C26H34ClFN6O3. The number of piperidine rings is 1. The minimum Gasteiger partial charge on any atom is -0.343 e. The molecule has 0 bridgehead atoms. The maximum absolute atomic E-state index is 14.8. The highest BCUT2D eigenvalue weighted by Crippen LogP contribution is 2.29. The van der Waals surface area contributed by atoms with E-state index in [0.717, 1.165) is 36.8 Å². The number of anilines is 1. The van der Waals surface area contributed by atoms with Crippen LogP contribution in [0, 0.1) is 11.7 Å². The molecule has 0 spiro atoms. The van der Waals surface area contributed by atoms with Crippen molar-refractivity contribution in [3.05, 3.63) is 55.4 Å². The lowest BCUT2D eigenvalue weighted by molar-refractivity contribution is -0.135. The molecule has 0 radical (unpaired) electrons. The van der Waals surface area contributed by atoms with Gasteiger partial charge in [0.25, 0.3) is 5.56 Å².